The second-order valence-corrected chi connectivity index (χ2v) is 11.2. The number of benzene rings is 2. The van der Waals surface area contributed by atoms with Gasteiger partial charge in [-0.2, -0.15) is 0 Å². The molecule has 38 heavy (non-hydrogen) atoms. The van der Waals surface area contributed by atoms with Crippen LogP contribution in [0.4, 0.5) is 34.3 Å². The fourth-order valence-corrected chi connectivity index (χ4v) is 5.28. The predicted octanol–water partition coefficient (Wildman–Crippen LogP) is 4.87. The third-order valence-electron chi connectivity index (χ3n) is 4.91. The summed E-state index contributed by atoms with van der Waals surface area (Å²) in [6.07, 6.45) is -3.22. The highest BCUT2D eigenvalue weighted by Gasteiger charge is 2.40. The molecule has 10 nitrogen and oxygen atoms in total. The molecule has 0 unspecified atom stereocenters. The van der Waals surface area contributed by atoms with Crippen LogP contribution in [0, 0.1) is 17.5 Å². The number of aromatic nitrogens is 1. The maximum atomic E-state index is 15.2. The van der Waals surface area contributed by atoms with E-state index in [1.54, 1.807) is 0 Å². The van der Waals surface area contributed by atoms with Gasteiger partial charge >= 0.3 is 12.2 Å². The first-order chi connectivity index (χ1) is 17.7. The van der Waals surface area contributed by atoms with Crippen LogP contribution in [0.1, 0.15) is 31.9 Å². The van der Waals surface area contributed by atoms with Gasteiger partial charge in [-0.1, -0.05) is 12.1 Å². The van der Waals surface area contributed by atoms with Crippen LogP contribution in [0.15, 0.2) is 46.1 Å². The topological polar surface area (TPSA) is 137 Å². The molecule has 204 valence electrons. The van der Waals surface area contributed by atoms with Gasteiger partial charge in [-0.15, -0.1) is 15.6 Å². The first kappa shape index (κ1) is 28.9. The molecule has 2 aromatic carbocycles. The standard InChI is InChI=1S/C23H22F3N3O7S2/c1-23(2,3)36-22(33)29(19-11-37-12-27-19)38(34,35)20-17(25)7-14(8-18(20)26)28(21(31)32)9-15-13(10-30)5-4-6-16(15)24/h4-8,11-12,30H,9-10H2,1-3H3,(H,31,32). The highest BCUT2D eigenvalue weighted by molar-refractivity contribution is 7.93. The second-order valence-electron chi connectivity index (χ2n) is 8.74. The Hall–Kier alpha value is -3.69. The molecule has 0 radical (unpaired) electrons. The Morgan fingerprint density at radius 1 is 1.11 bits per heavy atom. The molecule has 15 heteroatoms. The van der Waals surface area contributed by atoms with Crippen molar-refractivity contribution in [1.29, 1.82) is 0 Å². The Morgan fingerprint density at radius 2 is 1.74 bits per heavy atom. The average Bonchev–Trinajstić information content (AvgIpc) is 3.29. The number of halogens is 3. The van der Waals surface area contributed by atoms with Gasteiger partial charge in [0.1, 0.15) is 23.1 Å². The lowest BCUT2D eigenvalue weighted by Gasteiger charge is -2.26. The number of carbonyl (C=O) groups excluding carboxylic acids is 1. The van der Waals surface area contributed by atoms with Gasteiger partial charge < -0.3 is 14.9 Å². The zero-order chi connectivity index (χ0) is 28.4. The van der Waals surface area contributed by atoms with E-state index in [2.05, 4.69) is 4.98 Å². The first-order valence-corrected chi connectivity index (χ1v) is 13.1. The molecule has 0 bridgehead atoms. The van der Waals surface area contributed by atoms with Gasteiger partial charge in [-0.25, -0.2) is 36.2 Å². The lowest BCUT2D eigenvalue weighted by molar-refractivity contribution is 0.0608. The van der Waals surface area contributed by atoms with Crippen LogP contribution < -0.4 is 9.21 Å². The minimum absolute atomic E-state index is 0.00223. The van der Waals surface area contributed by atoms with Gasteiger partial charge in [0.05, 0.1) is 24.3 Å². The number of amides is 2. The summed E-state index contributed by atoms with van der Waals surface area (Å²) in [7, 11) is -5.30. The molecule has 0 aliphatic rings. The molecule has 3 aromatic rings. The summed E-state index contributed by atoms with van der Waals surface area (Å²) in [5.74, 6) is -4.81. The van der Waals surface area contributed by atoms with Crippen molar-refractivity contribution in [2.24, 2.45) is 0 Å². The minimum atomic E-state index is -5.30. The maximum absolute atomic E-state index is 15.2. The van der Waals surface area contributed by atoms with E-state index in [9.17, 15) is 32.6 Å². The SMILES string of the molecule is CC(C)(C)OC(=O)N(c1cscn1)S(=O)(=O)c1c(F)cc(N(Cc2c(F)cccc2CO)C(=O)O)cc1F. The van der Waals surface area contributed by atoms with Crippen LogP contribution in [-0.2, 0) is 27.9 Å². The zero-order valence-electron chi connectivity index (χ0n) is 20.2. The zero-order valence-corrected chi connectivity index (χ0v) is 21.8. The minimum Gasteiger partial charge on any atom is -0.465 e. The number of ether oxygens (including phenoxy) is 1. The van der Waals surface area contributed by atoms with Gasteiger partial charge in [0.2, 0.25) is 0 Å². The highest BCUT2D eigenvalue weighted by Crippen LogP contribution is 2.32. The number of nitrogens with zero attached hydrogens (tertiary/aromatic N) is 3. The van der Waals surface area contributed by atoms with Crippen LogP contribution in [0.5, 0.6) is 0 Å². The molecule has 1 aromatic heterocycles. The molecule has 0 spiro atoms. The number of hydrogen-bond acceptors (Lipinski definition) is 8. The van der Waals surface area contributed by atoms with E-state index in [1.165, 1.54) is 38.4 Å². The van der Waals surface area contributed by atoms with E-state index in [0.717, 1.165) is 22.8 Å². The summed E-state index contributed by atoms with van der Waals surface area (Å²) < 4.78 is 76.6. The fourth-order valence-electron chi connectivity index (χ4n) is 3.32. The molecule has 0 saturated carbocycles. The Balaban J connectivity index is 2.10. The van der Waals surface area contributed by atoms with Crippen LogP contribution in [-0.4, -0.2) is 41.4 Å². The third-order valence-corrected chi connectivity index (χ3v) is 7.21. The number of sulfonamides is 1. The second kappa shape index (κ2) is 11.0. The largest absolute Gasteiger partial charge is 0.465 e. The first-order valence-electron chi connectivity index (χ1n) is 10.7. The Labute approximate surface area is 219 Å². The van der Waals surface area contributed by atoms with E-state index in [4.69, 9.17) is 4.74 Å². The molecule has 2 amide bonds. The molecule has 0 atom stereocenters. The number of carbonyl (C=O) groups is 2. The van der Waals surface area contributed by atoms with E-state index < -0.39 is 74.8 Å². The summed E-state index contributed by atoms with van der Waals surface area (Å²) in [5, 5.41) is 20.3. The molecule has 0 aliphatic carbocycles. The summed E-state index contributed by atoms with van der Waals surface area (Å²) in [4.78, 5) is 27.2. The maximum Gasteiger partial charge on any atom is 0.430 e. The molecular formula is C23H22F3N3O7S2. The van der Waals surface area contributed by atoms with Crippen molar-refractivity contribution in [2.45, 2.75) is 44.4 Å². The van der Waals surface area contributed by atoms with E-state index in [-0.39, 0.29) is 15.4 Å². The number of aliphatic hydroxyl groups is 1. The summed E-state index contributed by atoms with van der Waals surface area (Å²) in [6.45, 7) is 2.95. The molecule has 3 rings (SSSR count). The molecule has 0 aliphatic heterocycles. The summed E-state index contributed by atoms with van der Waals surface area (Å²) >= 11 is 0.905. The molecule has 2 N–H and O–H groups in total. The van der Waals surface area contributed by atoms with Crippen molar-refractivity contribution in [3.05, 3.63) is 69.8 Å². The van der Waals surface area contributed by atoms with Gasteiger partial charge in [0.15, 0.2) is 10.7 Å². The number of anilines is 2. The van der Waals surface area contributed by atoms with Crippen molar-refractivity contribution in [3.8, 4) is 0 Å². The lowest BCUT2D eigenvalue weighted by Crippen LogP contribution is -2.42. The number of hydrogen-bond donors (Lipinski definition) is 2. The number of carboxylic acid groups (broad SMARTS) is 1. The molecule has 0 fully saturated rings. The summed E-state index contributed by atoms with van der Waals surface area (Å²) in [6, 6.07) is 4.46. The summed E-state index contributed by atoms with van der Waals surface area (Å²) in [5.41, 5.74) is -0.880. The smallest absolute Gasteiger partial charge is 0.430 e. The highest BCUT2D eigenvalue weighted by atomic mass is 32.2. The van der Waals surface area contributed by atoms with Crippen molar-refractivity contribution in [1.82, 2.24) is 4.98 Å². The number of aliphatic hydroxyl groups excluding tert-OH is 1. The van der Waals surface area contributed by atoms with Crippen molar-refractivity contribution >= 4 is 45.1 Å². The van der Waals surface area contributed by atoms with Crippen molar-refractivity contribution in [2.75, 3.05) is 9.21 Å². The van der Waals surface area contributed by atoms with Crippen LogP contribution >= 0.6 is 11.3 Å². The Morgan fingerprint density at radius 3 is 2.24 bits per heavy atom. The average molecular weight is 574 g/mol. The quantitative estimate of drug-likeness (QED) is 0.409. The van der Waals surface area contributed by atoms with Crippen molar-refractivity contribution in [3.63, 3.8) is 0 Å². The Bertz CT molecular complexity index is 1440. The normalized spacial score (nSPS) is 11.8. The van der Waals surface area contributed by atoms with Crippen LogP contribution in [0.3, 0.4) is 0 Å². The van der Waals surface area contributed by atoms with Crippen LogP contribution in [0.2, 0.25) is 0 Å². The molecule has 1 heterocycles. The van der Waals surface area contributed by atoms with E-state index >= 15 is 8.78 Å². The number of thiazole rings is 1. The van der Waals surface area contributed by atoms with Gasteiger partial charge in [-0.05, 0) is 44.5 Å². The van der Waals surface area contributed by atoms with Gasteiger partial charge in [0.25, 0.3) is 10.0 Å². The third kappa shape index (κ3) is 6.06. The van der Waals surface area contributed by atoms with E-state index in [0.29, 0.717) is 17.0 Å². The monoisotopic (exact) mass is 573 g/mol. The van der Waals surface area contributed by atoms with Crippen molar-refractivity contribution < 1.29 is 46.1 Å². The van der Waals surface area contributed by atoms with E-state index in [1.807, 2.05) is 0 Å². The fraction of sp³-hybridized carbons (Fsp3) is 0.261. The van der Waals surface area contributed by atoms with Gasteiger partial charge in [0, 0.05) is 10.9 Å². The van der Waals surface area contributed by atoms with Gasteiger partial charge in [-0.3, -0.25) is 4.90 Å². The predicted molar refractivity (Wildman–Crippen MR) is 131 cm³/mol. The molecular weight excluding hydrogens is 551 g/mol. The lowest BCUT2D eigenvalue weighted by atomic mass is 10.1. The number of rotatable bonds is 7. The molecule has 0 saturated heterocycles. The van der Waals surface area contributed by atoms with Crippen LogP contribution in [0.25, 0.3) is 0 Å². The Kier molecular flexibility index (Phi) is 8.33.